The summed E-state index contributed by atoms with van der Waals surface area (Å²) in [5.41, 5.74) is 5.63. The van der Waals surface area contributed by atoms with Crippen LogP contribution in [-0.4, -0.2) is 42.9 Å². The van der Waals surface area contributed by atoms with E-state index in [2.05, 4.69) is 5.32 Å². The van der Waals surface area contributed by atoms with Crippen molar-refractivity contribution in [2.75, 3.05) is 20.1 Å². The normalized spacial score (nSPS) is 35.2. The quantitative estimate of drug-likeness (QED) is 0.764. The smallest absolute Gasteiger partial charge is 0.227 e. The van der Waals surface area contributed by atoms with E-state index < -0.39 is 5.41 Å². The van der Waals surface area contributed by atoms with Crippen LogP contribution in [0.3, 0.4) is 0 Å². The standard InChI is InChI=1S/C14H25N3O2/c1-14(13(19)16-2)7-8-17(9-14)12(18)10-5-3-4-6-11(10)15/h10-11H,3-9,15H2,1-2H3,(H,16,19). The molecule has 1 heterocycles. The highest BCUT2D eigenvalue weighted by molar-refractivity contribution is 5.85. The zero-order chi connectivity index (χ0) is 14.0. The number of hydrogen-bond donors (Lipinski definition) is 2. The summed E-state index contributed by atoms with van der Waals surface area (Å²) in [6.07, 6.45) is 4.79. The molecule has 0 spiro atoms. The molecule has 0 aromatic rings. The first-order valence-corrected chi connectivity index (χ1v) is 7.24. The fourth-order valence-electron chi connectivity index (χ4n) is 3.34. The fourth-order valence-corrected chi connectivity index (χ4v) is 3.34. The van der Waals surface area contributed by atoms with Crippen LogP contribution in [0.2, 0.25) is 0 Å². The van der Waals surface area contributed by atoms with Crippen molar-refractivity contribution in [2.24, 2.45) is 17.1 Å². The zero-order valence-electron chi connectivity index (χ0n) is 11.9. The third-order valence-electron chi connectivity index (χ3n) is 4.70. The predicted octanol–water partition coefficient (Wildman–Crippen LogP) is 0.489. The summed E-state index contributed by atoms with van der Waals surface area (Å²) in [5.74, 6) is 0.136. The minimum Gasteiger partial charge on any atom is -0.359 e. The maximum atomic E-state index is 12.5. The van der Waals surface area contributed by atoms with E-state index in [0.717, 1.165) is 32.1 Å². The Morgan fingerprint density at radius 2 is 2.00 bits per heavy atom. The highest BCUT2D eigenvalue weighted by Crippen LogP contribution is 2.33. The fraction of sp³-hybridized carbons (Fsp3) is 0.857. The number of amides is 2. The second kappa shape index (κ2) is 5.49. The molecule has 0 aromatic heterocycles. The van der Waals surface area contributed by atoms with Crippen LogP contribution in [0.5, 0.6) is 0 Å². The van der Waals surface area contributed by atoms with Gasteiger partial charge in [0.25, 0.3) is 0 Å². The van der Waals surface area contributed by atoms with Crippen LogP contribution in [0.25, 0.3) is 0 Å². The van der Waals surface area contributed by atoms with E-state index in [-0.39, 0.29) is 23.8 Å². The first-order chi connectivity index (χ1) is 8.98. The van der Waals surface area contributed by atoms with Crippen LogP contribution >= 0.6 is 0 Å². The minimum atomic E-state index is -0.441. The van der Waals surface area contributed by atoms with Gasteiger partial charge in [0.1, 0.15) is 0 Å². The molecule has 2 amide bonds. The van der Waals surface area contributed by atoms with E-state index in [9.17, 15) is 9.59 Å². The molecule has 0 radical (unpaired) electrons. The number of likely N-dealkylation sites (tertiary alicyclic amines) is 1. The van der Waals surface area contributed by atoms with Gasteiger partial charge in [-0.25, -0.2) is 0 Å². The van der Waals surface area contributed by atoms with Crippen LogP contribution < -0.4 is 11.1 Å². The Hall–Kier alpha value is -1.10. The number of carbonyl (C=O) groups is 2. The van der Waals surface area contributed by atoms with E-state index in [4.69, 9.17) is 5.73 Å². The molecular weight excluding hydrogens is 242 g/mol. The average Bonchev–Trinajstić information content (AvgIpc) is 2.81. The molecule has 0 bridgehead atoms. The van der Waals surface area contributed by atoms with Gasteiger partial charge in [-0.2, -0.15) is 0 Å². The van der Waals surface area contributed by atoms with Crippen molar-refractivity contribution in [3.8, 4) is 0 Å². The minimum absolute atomic E-state index is 0.00638. The molecule has 1 aliphatic heterocycles. The largest absolute Gasteiger partial charge is 0.359 e. The van der Waals surface area contributed by atoms with E-state index in [0.29, 0.717) is 13.1 Å². The van der Waals surface area contributed by atoms with Gasteiger partial charge in [-0.15, -0.1) is 0 Å². The molecule has 2 rings (SSSR count). The first kappa shape index (κ1) is 14.3. The van der Waals surface area contributed by atoms with Crippen molar-refractivity contribution in [2.45, 2.75) is 45.1 Å². The Balaban J connectivity index is 2.00. The monoisotopic (exact) mass is 267 g/mol. The van der Waals surface area contributed by atoms with Crippen LogP contribution in [0, 0.1) is 11.3 Å². The second-order valence-corrected chi connectivity index (χ2v) is 6.20. The Morgan fingerprint density at radius 1 is 1.32 bits per heavy atom. The van der Waals surface area contributed by atoms with Gasteiger partial charge in [-0.1, -0.05) is 12.8 Å². The van der Waals surface area contributed by atoms with Crippen molar-refractivity contribution in [3.63, 3.8) is 0 Å². The lowest BCUT2D eigenvalue weighted by Crippen LogP contribution is -2.46. The molecule has 5 nitrogen and oxygen atoms in total. The van der Waals surface area contributed by atoms with Crippen molar-refractivity contribution in [3.05, 3.63) is 0 Å². The SMILES string of the molecule is CNC(=O)C1(C)CCN(C(=O)C2CCCCC2N)C1. The van der Waals surface area contributed by atoms with Gasteiger partial charge in [0.15, 0.2) is 0 Å². The highest BCUT2D eigenvalue weighted by atomic mass is 16.2. The maximum Gasteiger partial charge on any atom is 0.227 e. The van der Waals surface area contributed by atoms with Crippen LogP contribution in [0.4, 0.5) is 0 Å². The molecule has 3 atom stereocenters. The lowest BCUT2D eigenvalue weighted by atomic mass is 9.84. The summed E-state index contributed by atoms with van der Waals surface area (Å²) in [7, 11) is 1.65. The maximum absolute atomic E-state index is 12.5. The molecule has 2 aliphatic rings. The molecule has 108 valence electrons. The molecule has 1 saturated heterocycles. The number of nitrogens with zero attached hydrogens (tertiary/aromatic N) is 1. The van der Waals surface area contributed by atoms with Crippen molar-refractivity contribution in [1.82, 2.24) is 10.2 Å². The van der Waals surface area contributed by atoms with Gasteiger partial charge in [0, 0.05) is 26.2 Å². The molecule has 1 saturated carbocycles. The first-order valence-electron chi connectivity index (χ1n) is 7.24. The Morgan fingerprint density at radius 3 is 2.63 bits per heavy atom. The molecule has 3 N–H and O–H groups in total. The van der Waals surface area contributed by atoms with Crippen LogP contribution in [-0.2, 0) is 9.59 Å². The molecule has 0 aromatic carbocycles. The Labute approximate surface area is 114 Å². The van der Waals surface area contributed by atoms with Gasteiger partial charge in [-0.05, 0) is 26.2 Å². The number of carbonyl (C=O) groups excluding carboxylic acids is 2. The van der Waals surface area contributed by atoms with Crippen LogP contribution in [0.15, 0.2) is 0 Å². The van der Waals surface area contributed by atoms with Crippen molar-refractivity contribution >= 4 is 11.8 Å². The molecule has 2 fully saturated rings. The van der Waals surface area contributed by atoms with E-state index in [1.165, 1.54) is 0 Å². The van der Waals surface area contributed by atoms with Gasteiger partial charge < -0.3 is 16.0 Å². The van der Waals surface area contributed by atoms with Gasteiger partial charge in [0.05, 0.1) is 11.3 Å². The molecular formula is C14H25N3O2. The number of nitrogens with two attached hydrogens (primary N) is 1. The average molecular weight is 267 g/mol. The van der Waals surface area contributed by atoms with Gasteiger partial charge in [0.2, 0.25) is 11.8 Å². The molecule has 3 unspecified atom stereocenters. The highest BCUT2D eigenvalue weighted by Gasteiger charge is 2.43. The van der Waals surface area contributed by atoms with Gasteiger partial charge in [-0.3, -0.25) is 9.59 Å². The van der Waals surface area contributed by atoms with Crippen molar-refractivity contribution < 1.29 is 9.59 Å². The van der Waals surface area contributed by atoms with E-state index in [1.54, 1.807) is 7.05 Å². The number of hydrogen-bond acceptors (Lipinski definition) is 3. The predicted molar refractivity (Wildman–Crippen MR) is 73.3 cm³/mol. The summed E-state index contributed by atoms with van der Waals surface area (Å²) in [5, 5.41) is 2.69. The van der Waals surface area contributed by atoms with Crippen LogP contribution in [0.1, 0.15) is 39.0 Å². The summed E-state index contributed by atoms with van der Waals surface area (Å²) in [6.45, 7) is 3.13. The third-order valence-corrected chi connectivity index (χ3v) is 4.70. The second-order valence-electron chi connectivity index (χ2n) is 6.20. The van der Waals surface area contributed by atoms with Crippen molar-refractivity contribution in [1.29, 1.82) is 0 Å². The topological polar surface area (TPSA) is 75.4 Å². The summed E-state index contributed by atoms with van der Waals surface area (Å²) < 4.78 is 0. The summed E-state index contributed by atoms with van der Waals surface area (Å²) in [4.78, 5) is 26.2. The van der Waals surface area contributed by atoms with Gasteiger partial charge >= 0.3 is 0 Å². The summed E-state index contributed by atoms with van der Waals surface area (Å²) >= 11 is 0. The number of nitrogens with one attached hydrogen (secondary N) is 1. The Kier molecular flexibility index (Phi) is 4.13. The molecule has 19 heavy (non-hydrogen) atoms. The van der Waals surface area contributed by atoms with E-state index >= 15 is 0 Å². The molecule has 1 aliphatic carbocycles. The zero-order valence-corrected chi connectivity index (χ0v) is 11.9. The molecule has 5 heteroatoms. The Bertz CT molecular complexity index is 372. The lowest BCUT2D eigenvalue weighted by molar-refractivity contribution is -0.137. The number of rotatable bonds is 2. The third kappa shape index (κ3) is 2.76. The lowest BCUT2D eigenvalue weighted by Gasteiger charge is -2.31. The van der Waals surface area contributed by atoms with E-state index in [1.807, 2.05) is 11.8 Å². The summed E-state index contributed by atoms with van der Waals surface area (Å²) in [6, 6.07) is -0.00638.